The highest BCUT2D eigenvalue weighted by atomic mass is 32.2. The van der Waals surface area contributed by atoms with E-state index in [0.717, 1.165) is 19.3 Å². The summed E-state index contributed by atoms with van der Waals surface area (Å²) in [5.41, 5.74) is 3.12. The van der Waals surface area contributed by atoms with Crippen molar-refractivity contribution in [1.29, 1.82) is 0 Å². The first-order chi connectivity index (χ1) is 14.5. The molecule has 8 heteroatoms. The second-order valence-corrected chi connectivity index (χ2v) is 8.82. The number of aryl methyl sites for hydroxylation is 2. The highest BCUT2D eigenvalue weighted by Crippen LogP contribution is 2.26. The highest BCUT2D eigenvalue weighted by Gasteiger charge is 2.15. The average molecular weight is 426 g/mol. The van der Waals surface area contributed by atoms with Crippen LogP contribution in [-0.2, 0) is 34.2 Å². The van der Waals surface area contributed by atoms with E-state index in [1.165, 1.54) is 41.7 Å². The third-order valence-corrected chi connectivity index (χ3v) is 6.32. The van der Waals surface area contributed by atoms with Gasteiger partial charge in [-0.2, -0.15) is 0 Å². The summed E-state index contributed by atoms with van der Waals surface area (Å²) in [6.07, 6.45) is 4.78. The minimum atomic E-state index is -3.68. The van der Waals surface area contributed by atoms with Gasteiger partial charge in [0.25, 0.3) is 5.91 Å². The van der Waals surface area contributed by atoms with Crippen LogP contribution in [0.25, 0.3) is 0 Å². The van der Waals surface area contributed by atoms with Crippen molar-refractivity contribution < 1.29 is 22.4 Å². The van der Waals surface area contributed by atoms with Crippen molar-refractivity contribution >= 4 is 21.6 Å². The summed E-state index contributed by atoms with van der Waals surface area (Å²) in [5.74, 6) is 0.878. The minimum absolute atomic E-state index is 0.0633. The van der Waals surface area contributed by atoms with Crippen LogP contribution in [0.2, 0.25) is 0 Å². The van der Waals surface area contributed by atoms with E-state index in [9.17, 15) is 13.2 Å². The van der Waals surface area contributed by atoms with Gasteiger partial charge in [0.05, 0.1) is 17.7 Å². The molecule has 4 rings (SSSR count). The molecule has 3 aromatic rings. The number of fused-ring (bicyclic) bond motifs is 1. The Labute approximate surface area is 175 Å². The number of ether oxygens (including phenoxy) is 1. The molecule has 1 aromatic heterocycles. The molecular weight excluding hydrogens is 404 g/mol. The lowest BCUT2D eigenvalue weighted by atomic mass is 10.1. The lowest BCUT2D eigenvalue weighted by Gasteiger charge is -2.10. The summed E-state index contributed by atoms with van der Waals surface area (Å²) in [6, 6.07) is 15.2. The molecule has 0 saturated heterocycles. The van der Waals surface area contributed by atoms with Crippen molar-refractivity contribution in [1.82, 2.24) is 4.72 Å². The molecule has 0 fully saturated rings. The molecule has 1 heterocycles. The first-order valence-electron chi connectivity index (χ1n) is 9.66. The molecule has 1 amide bonds. The molecule has 0 radical (unpaired) electrons. The van der Waals surface area contributed by atoms with Gasteiger partial charge in [0.2, 0.25) is 10.0 Å². The van der Waals surface area contributed by atoms with Crippen molar-refractivity contribution in [3.63, 3.8) is 0 Å². The van der Waals surface area contributed by atoms with Gasteiger partial charge >= 0.3 is 0 Å². The number of rotatable bonds is 8. The first-order valence-corrected chi connectivity index (χ1v) is 11.1. The summed E-state index contributed by atoms with van der Waals surface area (Å²) in [7, 11) is -3.68. The summed E-state index contributed by atoms with van der Waals surface area (Å²) >= 11 is 0. The number of amides is 1. The number of furan rings is 1. The smallest absolute Gasteiger partial charge is 0.262 e. The predicted molar refractivity (Wildman–Crippen MR) is 112 cm³/mol. The van der Waals surface area contributed by atoms with Crippen LogP contribution >= 0.6 is 0 Å². The Balaban J connectivity index is 1.30. The second kappa shape index (κ2) is 8.73. The van der Waals surface area contributed by atoms with Crippen LogP contribution in [0.15, 0.2) is 70.2 Å². The number of hydrogen-bond donors (Lipinski definition) is 2. The van der Waals surface area contributed by atoms with E-state index in [4.69, 9.17) is 9.15 Å². The van der Waals surface area contributed by atoms with Gasteiger partial charge in [-0.25, -0.2) is 13.1 Å². The Hall–Kier alpha value is -3.10. The number of anilines is 1. The largest absolute Gasteiger partial charge is 0.484 e. The van der Waals surface area contributed by atoms with Gasteiger partial charge < -0.3 is 14.5 Å². The molecular formula is C22H22N2O5S. The number of sulfonamides is 1. The zero-order chi connectivity index (χ0) is 21.0. The SMILES string of the molecule is O=C(COc1ccc2c(c1)CCC2)Nc1ccc(S(=O)(=O)NCc2ccco2)cc1. The topological polar surface area (TPSA) is 97.6 Å². The van der Waals surface area contributed by atoms with Crippen LogP contribution in [-0.4, -0.2) is 20.9 Å². The van der Waals surface area contributed by atoms with Crippen LogP contribution in [0, 0.1) is 0 Å². The molecule has 7 nitrogen and oxygen atoms in total. The molecule has 2 aromatic carbocycles. The fraction of sp³-hybridized carbons (Fsp3) is 0.227. The molecule has 0 saturated carbocycles. The predicted octanol–water partition coefficient (Wildman–Crippen LogP) is 3.26. The maximum atomic E-state index is 12.3. The summed E-state index contributed by atoms with van der Waals surface area (Å²) in [5, 5.41) is 2.70. The highest BCUT2D eigenvalue weighted by molar-refractivity contribution is 7.89. The first kappa shape index (κ1) is 20.2. The van der Waals surface area contributed by atoms with Gasteiger partial charge in [0, 0.05) is 5.69 Å². The molecule has 0 spiro atoms. The summed E-state index contributed by atoms with van der Waals surface area (Å²) in [6.45, 7) is -0.0581. The lowest BCUT2D eigenvalue weighted by molar-refractivity contribution is -0.118. The van der Waals surface area contributed by atoms with Crippen molar-refractivity contribution in [3.05, 3.63) is 77.7 Å². The van der Waals surface area contributed by atoms with E-state index in [-0.39, 0.29) is 24.0 Å². The zero-order valence-corrected chi connectivity index (χ0v) is 17.1. The molecule has 30 heavy (non-hydrogen) atoms. The molecule has 0 bridgehead atoms. The fourth-order valence-electron chi connectivity index (χ4n) is 3.36. The van der Waals surface area contributed by atoms with Gasteiger partial charge in [-0.1, -0.05) is 6.07 Å². The maximum Gasteiger partial charge on any atom is 0.262 e. The quantitative estimate of drug-likeness (QED) is 0.576. The zero-order valence-electron chi connectivity index (χ0n) is 16.3. The molecule has 2 N–H and O–H groups in total. The van der Waals surface area contributed by atoms with E-state index in [1.54, 1.807) is 12.1 Å². The number of benzene rings is 2. The molecule has 0 atom stereocenters. The van der Waals surface area contributed by atoms with E-state index in [2.05, 4.69) is 16.1 Å². The Kier molecular flexibility index (Phi) is 5.87. The molecule has 1 aliphatic rings. The molecule has 0 aliphatic heterocycles. The summed E-state index contributed by atoms with van der Waals surface area (Å²) < 4.78 is 37.8. The number of carbonyl (C=O) groups excluding carboxylic acids is 1. The molecule has 0 unspecified atom stereocenters. The van der Waals surface area contributed by atoms with Gasteiger partial charge in [0.15, 0.2) is 6.61 Å². The third-order valence-electron chi connectivity index (χ3n) is 4.90. The van der Waals surface area contributed by atoms with E-state index < -0.39 is 10.0 Å². The van der Waals surface area contributed by atoms with E-state index in [0.29, 0.717) is 17.2 Å². The standard InChI is InChI=1S/C22H22N2O5S/c25-22(15-29-19-9-6-16-3-1-4-17(16)13-19)24-18-7-10-21(11-8-18)30(26,27)23-14-20-5-2-12-28-20/h2,5-13,23H,1,3-4,14-15H2,(H,24,25). The van der Waals surface area contributed by atoms with Gasteiger partial charge in [-0.3, -0.25) is 4.79 Å². The molecule has 1 aliphatic carbocycles. The van der Waals surface area contributed by atoms with Crippen LogP contribution in [0.5, 0.6) is 5.75 Å². The van der Waals surface area contributed by atoms with E-state index >= 15 is 0 Å². The van der Waals surface area contributed by atoms with Crippen LogP contribution in [0.1, 0.15) is 23.3 Å². The number of carbonyl (C=O) groups is 1. The minimum Gasteiger partial charge on any atom is -0.484 e. The van der Waals surface area contributed by atoms with Gasteiger partial charge in [0.1, 0.15) is 11.5 Å². The molecule has 156 valence electrons. The lowest BCUT2D eigenvalue weighted by Crippen LogP contribution is -2.23. The monoisotopic (exact) mass is 426 g/mol. The van der Waals surface area contributed by atoms with Crippen molar-refractivity contribution in [2.24, 2.45) is 0 Å². The second-order valence-electron chi connectivity index (χ2n) is 7.05. The van der Waals surface area contributed by atoms with Gasteiger partial charge in [-0.15, -0.1) is 0 Å². The Bertz CT molecular complexity index is 1120. The van der Waals surface area contributed by atoms with Crippen LogP contribution < -0.4 is 14.8 Å². The van der Waals surface area contributed by atoms with Crippen molar-refractivity contribution in [2.45, 2.75) is 30.7 Å². The fourth-order valence-corrected chi connectivity index (χ4v) is 4.36. The summed E-state index contributed by atoms with van der Waals surface area (Å²) in [4.78, 5) is 12.3. The van der Waals surface area contributed by atoms with Crippen LogP contribution in [0.3, 0.4) is 0 Å². The van der Waals surface area contributed by atoms with Crippen molar-refractivity contribution in [3.8, 4) is 5.75 Å². The Morgan fingerprint density at radius 2 is 1.83 bits per heavy atom. The number of nitrogens with one attached hydrogen (secondary N) is 2. The third kappa shape index (κ3) is 4.90. The Morgan fingerprint density at radius 1 is 1.03 bits per heavy atom. The van der Waals surface area contributed by atoms with Crippen LogP contribution in [0.4, 0.5) is 5.69 Å². The van der Waals surface area contributed by atoms with Crippen molar-refractivity contribution in [2.75, 3.05) is 11.9 Å². The Morgan fingerprint density at radius 3 is 2.60 bits per heavy atom. The van der Waals surface area contributed by atoms with E-state index in [1.807, 2.05) is 12.1 Å². The maximum absolute atomic E-state index is 12.3. The van der Waals surface area contributed by atoms with Gasteiger partial charge in [-0.05, 0) is 78.9 Å². The normalized spacial score (nSPS) is 13.1. The number of hydrogen-bond acceptors (Lipinski definition) is 5. The average Bonchev–Trinajstić information content (AvgIpc) is 3.42.